The Hall–Kier alpha value is -5.44. The number of nitrogens with zero attached hydrogens (tertiary/aromatic N) is 7. The number of hydrogen-bond donors (Lipinski definition) is 1. The Morgan fingerprint density at radius 3 is 1.85 bits per heavy atom. The number of fused-ring (bicyclic) bond motifs is 2. The van der Waals surface area contributed by atoms with Crippen LogP contribution in [0.15, 0.2) is 119 Å². The third-order valence-electron chi connectivity index (χ3n) is 11.2. The van der Waals surface area contributed by atoms with Gasteiger partial charge in [-0.1, -0.05) is 60.7 Å². The van der Waals surface area contributed by atoms with Crippen LogP contribution in [0, 0.1) is 0 Å². The van der Waals surface area contributed by atoms with E-state index in [0.29, 0.717) is 17.5 Å². The molecule has 2 saturated heterocycles. The summed E-state index contributed by atoms with van der Waals surface area (Å²) in [6.45, 7) is 9.34. The number of piperidine rings is 2. The maximum absolute atomic E-state index is 12.2. The number of halogens is 1. The Morgan fingerprint density at radius 2 is 1.27 bits per heavy atom. The fourth-order valence-electron chi connectivity index (χ4n) is 7.89. The lowest BCUT2D eigenvalue weighted by atomic mass is 9.89. The Morgan fingerprint density at radius 1 is 0.717 bits per heavy atom. The van der Waals surface area contributed by atoms with E-state index in [2.05, 4.69) is 89.9 Å². The van der Waals surface area contributed by atoms with Crippen LogP contribution >= 0.6 is 15.9 Å². The standard InChI is InChI=1S/C24H24N4O2S.C22H25BrN4O2/c1-31(29,30)22-4-2-3-20(13-22)23-15-27-28-16-21(14-26-24(23)28)18-7-5-17(6-8-18)19-9-11-25-12-10-19;1-22(2,3)29-21(28)26-10-8-17(9-11-26)15-4-6-16(7-5-15)18-12-24-20-19(23)13-25-27(20)14-18/h2-8,13-16,19,25H,9-12H2,1H3;4-7,12-14,17H,8-11H2,1-3H3. The van der Waals surface area contributed by atoms with Crippen molar-refractivity contribution in [3.63, 3.8) is 0 Å². The average molecular weight is 890 g/mol. The number of carbonyl (C=O) groups excluding carboxylic acids is 1. The summed E-state index contributed by atoms with van der Waals surface area (Å²) in [5.74, 6) is 1.10. The highest BCUT2D eigenvalue weighted by atomic mass is 79.9. The molecule has 310 valence electrons. The van der Waals surface area contributed by atoms with Crippen molar-refractivity contribution in [2.45, 2.75) is 68.8 Å². The van der Waals surface area contributed by atoms with E-state index in [1.807, 2.05) is 56.5 Å². The lowest BCUT2D eigenvalue weighted by Gasteiger charge is -2.33. The second-order valence-corrected chi connectivity index (χ2v) is 19.5. The van der Waals surface area contributed by atoms with Gasteiger partial charge in [0.05, 0.1) is 21.8 Å². The molecule has 14 heteroatoms. The molecule has 0 aliphatic carbocycles. The number of nitrogens with one attached hydrogen (secondary N) is 1. The maximum Gasteiger partial charge on any atom is 0.410 e. The minimum Gasteiger partial charge on any atom is -0.444 e. The van der Waals surface area contributed by atoms with E-state index >= 15 is 0 Å². The normalized spacial score (nSPS) is 15.5. The zero-order chi connectivity index (χ0) is 42.0. The number of likely N-dealkylation sites (tertiary alicyclic amines) is 1. The van der Waals surface area contributed by atoms with Crippen LogP contribution in [0.1, 0.15) is 69.4 Å². The van der Waals surface area contributed by atoms with E-state index in [9.17, 15) is 13.2 Å². The van der Waals surface area contributed by atoms with Gasteiger partial charge in [-0.3, -0.25) is 0 Å². The molecule has 6 heterocycles. The molecular weight excluding hydrogens is 841 g/mol. The first kappa shape index (κ1) is 41.3. The molecule has 0 radical (unpaired) electrons. The van der Waals surface area contributed by atoms with Gasteiger partial charge in [-0.2, -0.15) is 10.2 Å². The van der Waals surface area contributed by atoms with E-state index in [-0.39, 0.29) is 11.0 Å². The SMILES string of the molecule is CC(C)(C)OC(=O)N1CCC(c2ccc(-c3cnc4c(Br)cnn4c3)cc2)CC1.CS(=O)(=O)c1cccc(-c2cnn3cc(-c4ccc(C5CCNCC5)cc4)cnc23)c1. The Bertz CT molecular complexity index is 2730. The molecule has 0 atom stereocenters. The summed E-state index contributed by atoms with van der Waals surface area (Å²) >= 11 is 3.45. The lowest BCUT2D eigenvalue weighted by Crippen LogP contribution is -2.41. The van der Waals surface area contributed by atoms with Gasteiger partial charge in [-0.05, 0) is 127 Å². The molecule has 0 bridgehead atoms. The minimum absolute atomic E-state index is 0.209. The molecule has 0 saturated carbocycles. The molecule has 4 aromatic heterocycles. The molecule has 2 aliphatic rings. The number of amides is 1. The van der Waals surface area contributed by atoms with Crippen LogP contribution in [0.3, 0.4) is 0 Å². The number of ether oxygens (including phenoxy) is 1. The highest BCUT2D eigenvalue weighted by Gasteiger charge is 2.27. The smallest absolute Gasteiger partial charge is 0.410 e. The topological polar surface area (TPSA) is 136 Å². The Balaban J connectivity index is 0.000000167. The number of aromatic nitrogens is 6. The lowest BCUT2D eigenvalue weighted by molar-refractivity contribution is 0.0205. The van der Waals surface area contributed by atoms with Crippen molar-refractivity contribution in [2.75, 3.05) is 32.4 Å². The molecule has 2 fully saturated rings. The molecular formula is C46H49BrN8O4S. The number of hydrogen-bond acceptors (Lipinski definition) is 9. The second-order valence-electron chi connectivity index (χ2n) is 16.6. The zero-order valence-electron chi connectivity index (χ0n) is 34.3. The van der Waals surface area contributed by atoms with E-state index in [1.165, 1.54) is 30.2 Å². The maximum atomic E-state index is 12.2. The van der Waals surface area contributed by atoms with E-state index in [0.717, 1.165) is 82.5 Å². The van der Waals surface area contributed by atoms with Crippen LogP contribution in [-0.2, 0) is 14.6 Å². The van der Waals surface area contributed by atoms with Gasteiger partial charge >= 0.3 is 6.09 Å². The summed E-state index contributed by atoms with van der Waals surface area (Å²) in [5, 5.41) is 12.2. The Kier molecular flexibility index (Phi) is 11.9. The predicted octanol–water partition coefficient (Wildman–Crippen LogP) is 9.21. The van der Waals surface area contributed by atoms with Gasteiger partial charge in [0.25, 0.3) is 0 Å². The van der Waals surface area contributed by atoms with Crippen molar-refractivity contribution < 1.29 is 17.9 Å². The van der Waals surface area contributed by atoms with Gasteiger partial charge in [0.2, 0.25) is 0 Å². The molecule has 12 nitrogen and oxygen atoms in total. The van der Waals surface area contributed by atoms with Gasteiger partial charge < -0.3 is 15.0 Å². The van der Waals surface area contributed by atoms with E-state index in [4.69, 9.17) is 4.74 Å². The van der Waals surface area contributed by atoms with Crippen LogP contribution in [0.4, 0.5) is 4.79 Å². The van der Waals surface area contributed by atoms with E-state index < -0.39 is 15.4 Å². The number of benzene rings is 3. The Labute approximate surface area is 359 Å². The second kappa shape index (κ2) is 17.3. The summed E-state index contributed by atoms with van der Waals surface area (Å²) in [5.41, 5.74) is 9.58. The molecule has 0 spiro atoms. The summed E-state index contributed by atoms with van der Waals surface area (Å²) in [6, 6.07) is 24.3. The summed E-state index contributed by atoms with van der Waals surface area (Å²) < 4.78 is 33.7. The van der Waals surface area contributed by atoms with Gasteiger partial charge in [-0.15, -0.1) is 0 Å². The highest BCUT2D eigenvalue weighted by molar-refractivity contribution is 9.10. The predicted molar refractivity (Wildman–Crippen MR) is 238 cm³/mol. The van der Waals surface area contributed by atoms with Crippen LogP contribution in [-0.4, -0.2) is 86.6 Å². The highest BCUT2D eigenvalue weighted by Crippen LogP contribution is 2.32. The van der Waals surface area contributed by atoms with Crippen LogP contribution < -0.4 is 5.32 Å². The quantitative estimate of drug-likeness (QED) is 0.173. The molecule has 7 aromatic rings. The van der Waals surface area contributed by atoms with Crippen molar-refractivity contribution in [3.05, 3.63) is 126 Å². The number of rotatable bonds is 6. The molecule has 1 N–H and O–H groups in total. The third-order valence-corrected chi connectivity index (χ3v) is 12.8. The van der Waals surface area contributed by atoms with Crippen LogP contribution in [0.25, 0.3) is 44.7 Å². The van der Waals surface area contributed by atoms with E-state index in [1.54, 1.807) is 39.6 Å². The summed E-state index contributed by atoms with van der Waals surface area (Å²) in [4.78, 5) is 23.5. The molecule has 60 heavy (non-hydrogen) atoms. The van der Waals surface area contributed by atoms with Gasteiger partial charge in [0.15, 0.2) is 21.1 Å². The van der Waals surface area contributed by atoms with Crippen molar-refractivity contribution in [2.24, 2.45) is 0 Å². The summed E-state index contributed by atoms with van der Waals surface area (Å²) in [6.07, 6.45) is 16.4. The summed E-state index contributed by atoms with van der Waals surface area (Å²) in [7, 11) is -3.28. The first-order valence-electron chi connectivity index (χ1n) is 20.3. The molecule has 1 amide bonds. The average Bonchev–Trinajstić information content (AvgIpc) is 3.86. The zero-order valence-corrected chi connectivity index (χ0v) is 36.7. The third kappa shape index (κ3) is 9.46. The fraction of sp³-hybridized carbons (Fsp3) is 0.326. The molecule has 3 aromatic carbocycles. The van der Waals surface area contributed by atoms with Gasteiger partial charge in [-0.25, -0.2) is 32.2 Å². The van der Waals surface area contributed by atoms with Crippen molar-refractivity contribution in [1.29, 1.82) is 0 Å². The monoisotopic (exact) mass is 888 g/mol. The molecule has 2 aliphatic heterocycles. The van der Waals surface area contributed by atoms with Crippen LogP contribution in [0.2, 0.25) is 0 Å². The van der Waals surface area contributed by atoms with Crippen molar-refractivity contribution >= 4 is 43.2 Å². The molecule has 0 unspecified atom stereocenters. The van der Waals surface area contributed by atoms with Gasteiger partial charge in [0, 0.05) is 60.8 Å². The minimum atomic E-state index is -3.28. The van der Waals surface area contributed by atoms with Crippen LogP contribution in [0.5, 0.6) is 0 Å². The number of carbonyl (C=O) groups is 1. The number of sulfone groups is 1. The first-order chi connectivity index (χ1) is 28.8. The van der Waals surface area contributed by atoms with Crippen molar-refractivity contribution in [3.8, 4) is 33.4 Å². The molecule has 9 rings (SSSR count). The van der Waals surface area contributed by atoms with Crippen molar-refractivity contribution in [1.82, 2.24) is 39.4 Å². The fourth-order valence-corrected chi connectivity index (χ4v) is 8.93. The first-order valence-corrected chi connectivity index (χ1v) is 23.0. The van der Waals surface area contributed by atoms with Gasteiger partial charge in [0.1, 0.15) is 5.60 Å². The largest absolute Gasteiger partial charge is 0.444 e.